The van der Waals surface area contributed by atoms with Gasteiger partial charge >= 0.3 is 7.12 Å². The summed E-state index contributed by atoms with van der Waals surface area (Å²) in [5.41, 5.74) is 5.16. The van der Waals surface area contributed by atoms with Gasteiger partial charge in [0.25, 0.3) is 0 Å². The van der Waals surface area contributed by atoms with Crippen molar-refractivity contribution in [1.82, 2.24) is 9.97 Å². The molecule has 0 saturated heterocycles. The zero-order chi connectivity index (χ0) is 18.6. The number of rotatable bonds is 4. The number of aromatic nitrogens is 2. The molecule has 3 aromatic carbocycles. The van der Waals surface area contributed by atoms with Crippen LogP contribution < -0.4 is 5.72 Å². The SMILES string of the molecule is OB(O)c1nc(-c2ccccc2)cc(-c2ccccc2-c2ccccc2)n1. The van der Waals surface area contributed by atoms with E-state index in [9.17, 15) is 10.0 Å². The van der Waals surface area contributed by atoms with Crippen LogP contribution in [0.1, 0.15) is 0 Å². The predicted octanol–water partition coefficient (Wildman–Crippen LogP) is 3.16. The minimum Gasteiger partial charge on any atom is -0.421 e. The minimum absolute atomic E-state index is 0.0192. The standard InChI is InChI=1S/C22H17BN2O2/c26-23(27)22-24-20(17-11-5-2-6-12-17)15-21(25-22)19-14-8-7-13-18(19)16-9-3-1-4-10-16/h1-15,26-27H. The third-order valence-electron chi connectivity index (χ3n) is 4.33. The van der Waals surface area contributed by atoms with E-state index < -0.39 is 7.12 Å². The molecule has 4 rings (SSSR count). The van der Waals surface area contributed by atoms with Gasteiger partial charge in [0.15, 0.2) is 5.72 Å². The van der Waals surface area contributed by atoms with Gasteiger partial charge in [0.2, 0.25) is 0 Å². The van der Waals surface area contributed by atoms with Crippen LogP contribution >= 0.6 is 0 Å². The molecule has 27 heavy (non-hydrogen) atoms. The van der Waals surface area contributed by atoms with Gasteiger partial charge in [-0.2, -0.15) is 0 Å². The molecule has 1 aromatic heterocycles. The first-order chi connectivity index (χ1) is 13.2. The van der Waals surface area contributed by atoms with E-state index in [1.165, 1.54) is 0 Å². The molecule has 130 valence electrons. The van der Waals surface area contributed by atoms with Gasteiger partial charge in [0.1, 0.15) is 0 Å². The lowest BCUT2D eigenvalue weighted by Gasteiger charge is -2.12. The van der Waals surface area contributed by atoms with Crippen molar-refractivity contribution in [3.63, 3.8) is 0 Å². The topological polar surface area (TPSA) is 66.2 Å². The molecule has 0 spiro atoms. The van der Waals surface area contributed by atoms with Crippen molar-refractivity contribution in [2.24, 2.45) is 0 Å². The lowest BCUT2D eigenvalue weighted by molar-refractivity contribution is 0.422. The first-order valence-corrected chi connectivity index (χ1v) is 8.68. The largest absolute Gasteiger partial charge is 0.528 e. The summed E-state index contributed by atoms with van der Waals surface area (Å²) in [7, 11) is -1.74. The molecule has 0 radical (unpaired) electrons. The Kier molecular flexibility index (Phi) is 4.79. The Balaban J connectivity index is 1.91. The maximum atomic E-state index is 9.68. The van der Waals surface area contributed by atoms with E-state index in [0.29, 0.717) is 11.4 Å². The van der Waals surface area contributed by atoms with E-state index in [2.05, 4.69) is 9.97 Å². The highest BCUT2D eigenvalue weighted by molar-refractivity contribution is 6.56. The van der Waals surface area contributed by atoms with Gasteiger partial charge < -0.3 is 10.0 Å². The van der Waals surface area contributed by atoms with Crippen LogP contribution in [0.25, 0.3) is 33.6 Å². The average Bonchev–Trinajstić information content (AvgIpc) is 2.74. The van der Waals surface area contributed by atoms with Gasteiger partial charge in [-0.3, -0.25) is 0 Å². The van der Waals surface area contributed by atoms with Crippen LogP contribution in [0.2, 0.25) is 0 Å². The van der Waals surface area contributed by atoms with Crippen LogP contribution in [0.4, 0.5) is 0 Å². The van der Waals surface area contributed by atoms with E-state index in [-0.39, 0.29) is 5.72 Å². The normalized spacial score (nSPS) is 10.6. The van der Waals surface area contributed by atoms with Gasteiger partial charge in [-0.05, 0) is 17.2 Å². The molecule has 0 aliphatic carbocycles. The molecule has 4 aromatic rings. The molecular formula is C22H17BN2O2. The first-order valence-electron chi connectivity index (χ1n) is 8.68. The first kappa shape index (κ1) is 17.2. The summed E-state index contributed by atoms with van der Waals surface area (Å²) in [6.45, 7) is 0. The zero-order valence-corrected chi connectivity index (χ0v) is 14.5. The summed E-state index contributed by atoms with van der Waals surface area (Å²) >= 11 is 0. The highest BCUT2D eigenvalue weighted by atomic mass is 16.4. The van der Waals surface area contributed by atoms with Gasteiger partial charge in [-0.15, -0.1) is 0 Å². The van der Waals surface area contributed by atoms with Gasteiger partial charge in [0, 0.05) is 11.1 Å². The second-order valence-corrected chi connectivity index (χ2v) is 6.15. The lowest BCUT2D eigenvalue weighted by atomic mass is 9.89. The molecule has 0 unspecified atom stereocenters. The average molecular weight is 352 g/mol. The van der Waals surface area contributed by atoms with Crippen molar-refractivity contribution in [1.29, 1.82) is 0 Å². The summed E-state index contributed by atoms with van der Waals surface area (Å²) in [4.78, 5) is 8.72. The number of nitrogens with zero attached hydrogens (tertiary/aromatic N) is 2. The Hall–Kier alpha value is -3.28. The third-order valence-corrected chi connectivity index (χ3v) is 4.33. The molecule has 5 heteroatoms. The molecule has 0 saturated carbocycles. The van der Waals surface area contributed by atoms with Crippen molar-refractivity contribution in [2.45, 2.75) is 0 Å². The predicted molar refractivity (Wildman–Crippen MR) is 108 cm³/mol. The fourth-order valence-electron chi connectivity index (χ4n) is 3.05. The molecule has 0 fully saturated rings. The summed E-state index contributed by atoms with van der Waals surface area (Å²) in [6, 6.07) is 29.5. The maximum absolute atomic E-state index is 9.68. The molecule has 0 aliphatic heterocycles. The molecule has 0 aliphatic rings. The van der Waals surface area contributed by atoms with Gasteiger partial charge in [-0.1, -0.05) is 84.9 Å². The van der Waals surface area contributed by atoms with Crippen molar-refractivity contribution >= 4 is 12.8 Å². The molecule has 0 atom stereocenters. The number of hydrogen-bond acceptors (Lipinski definition) is 4. The fourth-order valence-corrected chi connectivity index (χ4v) is 3.05. The molecule has 0 amide bonds. The quantitative estimate of drug-likeness (QED) is 0.554. The van der Waals surface area contributed by atoms with Gasteiger partial charge in [0.05, 0.1) is 11.4 Å². The third kappa shape index (κ3) is 3.65. The van der Waals surface area contributed by atoms with Crippen LogP contribution in [0, 0.1) is 0 Å². The van der Waals surface area contributed by atoms with Crippen molar-refractivity contribution in [3.8, 4) is 33.6 Å². The fraction of sp³-hybridized carbons (Fsp3) is 0. The summed E-state index contributed by atoms with van der Waals surface area (Å²) in [5.74, 6) is 0. The van der Waals surface area contributed by atoms with Crippen molar-refractivity contribution < 1.29 is 10.0 Å². The smallest absolute Gasteiger partial charge is 0.421 e. The second kappa shape index (κ2) is 7.54. The Morgan fingerprint density at radius 1 is 0.556 bits per heavy atom. The Morgan fingerprint density at radius 2 is 1.07 bits per heavy atom. The highest BCUT2D eigenvalue weighted by Gasteiger charge is 2.19. The van der Waals surface area contributed by atoms with E-state index in [4.69, 9.17) is 0 Å². The molecule has 4 nitrogen and oxygen atoms in total. The molecule has 0 bridgehead atoms. The van der Waals surface area contributed by atoms with Crippen LogP contribution in [0.3, 0.4) is 0 Å². The summed E-state index contributed by atoms with van der Waals surface area (Å²) in [5, 5.41) is 19.4. The van der Waals surface area contributed by atoms with Crippen molar-refractivity contribution in [3.05, 3.63) is 91.0 Å². The Morgan fingerprint density at radius 3 is 1.70 bits per heavy atom. The minimum atomic E-state index is -1.74. The maximum Gasteiger partial charge on any atom is 0.528 e. The number of benzene rings is 3. The Labute approximate surface area is 158 Å². The zero-order valence-electron chi connectivity index (χ0n) is 14.5. The van der Waals surface area contributed by atoms with Crippen molar-refractivity contribution in [2.75, 3.05) is 0 Å². The van der Waals surface area contributed by atoms with Gasteiger partial charge in [-0.25, -0.2) is 9.97 Å². The Bertz CT molecular complexity index is 1050. The van der Waals surface area contributed by atoms with E-state index >= 15 is 0 Å². The molecule has 1 heterocycles. The second-order valence-electron chi connectivity index (χ2n) is 6.15. The lowest BCUT2D eigenvalue weighted by Crippen LogP contribution is -2.36. The molecular weight excluding hydrogens is 335 g/mol. The van der Waals surface area contributed by atoms with Crippen LogP contribution in [0.15, 0.2) is 91.0 Å². The van der Waals surface area contributed by atoms with E-state index in [0.717, 1.165) is 22.3 Å². The van der Waals surface area contributed by atoms with E-state index in [1.54, 1.807) is 0 Å². The van der Waals surface area contributed by atoms with Crippen LogP contribution in [0.5, 0.6) is 0 Å². The number of hydrogen-bond donors (Lipinski definition) is 2. The van der Waals surface area contributed by atoms with E-state index in [1.807, 2.05) is 91.0 Å². The summed E-state index contributed by atoms with van der Waals surface area (Å²) < 4.78 is 0. The molecule has 2 N–H and O–H groups in total. The summed E-state index contributed by atoms with van der Waals surface area (Å²) in [6.07, 6.45) is 0. The van der Waals surface area contributed by atoms with Crippen LogP contribution in [-0.2, 0) is 0 Å². The monoisotopic (exact) mass is 352 g/mol. The highest BCUT2D eigenvalue weighted by Crippen LogP contribution is 2.31. The van der Waals surface area contributed by atoms with Crippen LogP contribution in [-0.4, -0.2) is 27.1 Å².